The van der Waals surface area contributed by atoms with Crippen molar-refractivity contribution in [3.8, 4) is 17.6 Å². The van der Waals surface area contributed by atoms with Crippen LogP contribution >= 0.6 is 22.9 Å². The second-order valence-electron chi connectivity index (χ2n) is 8.46. The van der Waals surface area contributed by atoms with E-state index < -0.39 is 18.1 Å². The van der Waals surface area contributed by atoms with Crippen LogP contribution in [-0.2, 0) is 4.79 Å². The Kier molecular flexibility index (Phi) is 8.04. The van der Waals surface area contributed by atoms with Gasteiger partial charge in [-0.3, -0.25) is 14.7 Å². The van der Waals surface area contributed by atoms with E-state index in [4.69, 9.17) is 16.3 Å². The van der Waals surface area contributed by atoms with Crippen LogP contribution in [0.5, 0.6) is 5.75 Å². The van der Waals surface area contributed by atoms with Crippen molar-refractivity contribution in [3.63, 3.8) is 0 Å². The van der Waals surface area contributed by atoms with E-state index in [1.807, 2.05) is 18.2 Å². The summed E-state index contributed by atoms with van der Waals surface area (Å²) in [6, 6.07) is 10.8. The molecule has 0 amide bonds. The van der Waals surface area contributed by atoms with Gasteiger partial charge in [0.25, 0.3) is 0 Å². The lowest BCUT2D eigenvalue weighted by molar-refractivity contribution is -0.146. The number of thiophene rings is 1. The summed E-state index contributed by atoms with van der Waals surface area (Å²) in [7, 11) is 1.58. The molecule has 178 valence electrons. The molecule has 5 nitrogen and oxygen atoms in total. The minimum Gasteiger partial charge on any atom is -0.497 e. The monoisotopic (exact) mass is 500 g/mol. The van der Waals surface area contributed by atoms with E-state index in [0.717, 1.165) is 16.8 Å². The second kappa shape index (κ2) is 11.2. The number of hydrogen-bond acceptors (Lipinski definition) is 5. The fourth-order valence-corrected chi connectivity index (χ4v) is 5.44. The summed E-state index contributed by atoms with van der Waals surface area (Å²) in [5.74, 6) is 5.41. The molecule has 0 spiro atoms. The highest BCUT2D eigenvalue weighted by Crippen LogP contribution is 2.35. The van der Waals surface area contributed by atoms with E-state index in [2.05, 4.69) is 21.7 Å². The quantitative estimate of drug-likeness (QED) is 0.414. The number of benzene rings is 1. The van der Waals surface area contributed by atoms with Crippen LogP contribution in [0.1, 0.15) is 35.9 Å². The summed E-state index contributed by atoms with van der Waals surface area (Å²) in [4.78, 5) is 19.2. The van der Waals surface area contributed by atoms with Crippen molar-refractivity contribution in [2.24, 2.45) is 11.8 Å². The molecule has 0 radical (unpaired) electrons. The number of aliphatic carboxylic acids is 1. The predicted octanol–water partition coefficient (Wildman–Crippen LogP) is 5.82. The number of hydrogen-bond donors (Lipinski definition) is 1. The third-order valence-corrected chi connectivity index (χ3v) is 7.50. The molecule has 2 aromatic heterocycles. The molecule has 1 aromatic carbocycles. The lowest BCUT2D eigenvalue weighted by Gasteiger charge is -2.35. The third kappa shape index (κ3) is 5.87. The molecule has 1 aliphatic heterocycles. The lowest BCUT2D eigenvalue weighted by Crippen LogP contribution is -2.44. The van der Waals surface area contributed by atoms with Crippen LogP contribution in [0, 0.1) is 23.7 Å². The van der Waals surface area contributed by atoms with Gasteiger partial charge in [-0.1, -0.05) is 23.4 Å². The van der Waals surface area contributed by atoms with Crippen LogP contribution < -0.4 is 4.74 Å². The van der Waals surface area contributed by atoms with E-state index in [1.54, 1.807) is 31.5 Å². The van der Waals surface area contributed by atoms with Gasteiger partial charge in [0.05, 0.1) is 34.3 Å². The second-order valence-corrected chi connectivity index (χ2v) is 10.2. The Hall–Kier alpha value is -2.66. The minimum absolute atomic E-state index is 0.0706. The summed E-state index contributed by atoms with van der Waals surface area (Å²) >= 11 is 7.35. The Bertz CT molecular complexity index is 1220. The molecule has 3 atom stereocenters. The van der Waals surface area contributed by atoms with Crippen LogP contribution in [0.25, 0.3) is 10.9 Å². The number of methoxy groups -OCH3 is 1. The molecular weight excluding hydrogens is 475 g/mol. The third-order valence-electron chi connectivity index (χ3n) is 6.36. The number of likely N-dealkylation sites (tertiary alicyclic amines) is 1. The topological polar surface area (TPSA) is 62.7 Å². The Balaban J connectivity index is 1.38. The van der Waals surface area contributed by atoms with Crippen LogP contribution in [0.3, 0.4) is 0 Å². The van der Waals surface area contributed by atoms with Crippen LogP contribution in [-0.4, -0.2) is 47.7 Å². The van der Waals surface area contributed by atoms with Crippen LogP contribution in [0.2, 0.25) is 4.34 Å². The molecule has 1 N–H and O–H groups in total. The molecular formula is C26H26ClFN2O3S. The Labute approximate surface area is 207 Å². The van der Waals surface area contributed by atoms with Gasteiger partial charge in [0.15, 0.2) is 0 Å². The maximum absolute atomic E-state index is 15.3. The van der Waals surface area contributed by atoms with Gasteiger partial charge in [0.1, 0.15) is 11.9 Å². The van der Waals surface area contributed by atoms with E-state index in [1.165, 1.54) is 11.3 Å². The first-order valence-corrected chi connectivity index (χ1v) is 12.4. The van der Waals surface area contributed by atoms with Gasteiger partial charge >= 0.3 is 5.97 Å². The number of carboxylic acids is 1. The number of piperidine rings is 1. The molecule has 1 saturated heterocycles. The van der Waals surface area contributed by atoms with Crippen LogP contribution in [0.15, 0.2) is 42.6 Å². The lowest BCUT2D eigenvalue weighted by atomic mass is 9.81. The summed E-state index contributed by atoms with van der Waals surface area (Å²) in [5.41, 5.74) is 1.28. The number of pyridine rings is 1. The highest BCUT2D eigenvalue weighted by atomic mass is 35.5. The predicted molar refractivity (Wildman–Crippen MR) is 133 cm³/mol. The standard InChI is InChI=1S/C26H26ClFN2O3S/c1-33-18-5-8-24-21(15-18)20(10-12-29-24)23(28)7-4-17-11-14-30(16-22(17)26(31)32)13-2-3-19-6-9-25(27)34-19/h5-6,8-10,12,15,17,22-23H,4,7,11,13-14,16H2,1H3,(H,31,32)/t17-,22+,23?/m1/s1. The number of carbonyl (C=O) groups is 1. The van der Waals surface area contributed by atoms with Crippen molar-refractivity contribution < 1.29 is 19.0 Å². The molecule has 3 aromatic rings. The molecule has 4 rings (SSSR count). The number of nitrogens with zero attached hydrogens (tertiary/aromatic N) is 2. The number of fused-ring (bicyclic) bond motifs is 1. The average molecular weight is 501 g/mol. The average Bonchev–Trinajstić information content (AvgIpc) is 3.26. The molecule has 3 heterocycles. The van der Waals surface area contributed by atoms with Gasteiger partial charge in [-0.25, -0.2) is 4.39 Å². The summed E-state index contributed by atoms with van der Waals surface area (Å²) in [6.45, 7) is 1.68. The first kappa shape index (κ1) is 24.5. The number of aromatic nitrogens is 1. The zero-order chi connectivity index (χ0) is 24.1. The Morgan fingerprint density at radius 3 is 2.97 bits per heavy atom. The van der Waals surface area contributed by atoms with Gasteiger partial charge in [-0.15, -0.1) is 11.3 Å². The molecule has 0 bridgehead atoms. The van der Waals surface area contributed by atoms with Crippen molar-refractivity contribution in [2.75, 3.05) is 26.7 Å². The Morgan fingerprint density at radius 1 is 1.38 bits per heavy atom. The maximum Gasteiger partial charge on any atom is 0.308 e. The summed E-state index contributed by atoms with van der Waals surface area (Å²) in [6.07, 6.45) is 1.90. The number of alkyl halides is 1. The van der Waals surface area contributed by atoms with Crippen molar-refractivity contribution in [3.05, 3.63) is 57.4 Å². The normalized spacial score (nSPS) is 19.4. The fraction of sp³-hybridized carbons (Fsp3) is 0.385. The van der Waals surface area contributed by atoms with Crippen LogP contribution in [0.4, 0.5) is 4.39 Å². The van der Waals surface area contributed by atoms with E-state index in [-0.39, 0.29) is 12.3 Å². The number of rotatable bonds is 7. The van der Waals surface area contributed by atoms with Crippen molar-refractivity contribution in [1.82, 2.24) is 9.88 Å². The highest BCUT2D eigenvalue weighted by molar-refractivity contribution is 7.16. The SMILES string of the molecule is COc1ccc2nccc(C(F)CC[C@@H]3CCN(CC#Cc4ccc(Cl)s4)C[C@@H]3C(=O)O)c2c1. The largest absolute Gasteiger partial charge is 0.497 e. The smallest absolute Gasteiger partial charge is 0.308 e. The maximum atomic E-state index is 15.3. The van der Waals surface area contributed by atoms with Gasteiger partial charge in [0.2, 0.25) is 0 Å². The molecule has 34 heavy (non-hydrogen) atoms. The Morgan fingerprint density at radius 2 is 2.24 bits per heavy atom. The van der Waals surface area contributed by atoms with Gasteiger partial charge < -0.3 is 9.84 Å². The first-order chi connectivity index (χ1) is 16.4. The van der Waals surface area contributed by atoms with Crippen molar-refractivity contribution in [2.45, 2.75) is 25.4 Å². The molecule has 8 heteroatoms. The van der Waals surface area contributed by atoms with E-state index >= 15 is 4.39 Å². The molecule has 0 aliphatic carbocycles. The zero-order valence-corrected chi connectivity index (χ0v) is 20.4. The van der Waals surface area contributed by atoms with Gasteiger partial charge in [-0.2, -0.15) is 0 Å². The molecule has 0 saturated carbocycles. The number of carboxylic acid groups (broad SMARTS) is 1. The fourth-order valence-electron chi connectivity index (χ4n) is 4.52. The van der Waals surface area contributed by atoms with E-state index in [9.17, 15) is 9.90 Å². The van der Waals surface area contributed by atoms with E-state index in [0.29, 0.717) is 47.1 Å². The first-order valence-electron chi connectivity index (χ1n) is 11.2. The zero-order valence-electron chi connectivity index (χ0n) is 18.8. The summed E-state index contributed by atoms with van der Waals surface area (Å²) in [5, 5.41) is 10.5. The minimum atomic E-state index is -1.20. The van der Waals surface area contributed by atoms with Crippen molar-refractivity contribution >= 4 is 39.8 Å². The summed E-state index contributed by atoms with van der Waals surface area (Å²) < 4.78 is 21.3. The number of halogens is 2. The van der Waals surface area contributed by atoms with Crippen molar-refractivity contribution in [1.29, 1.82) is 0 Å². The molecule has 1 fully saturated rings. The molecule has 1 unspecified atom stereocenters. The highest BCUT2D eigenvalue weighted by Gasteiger charge is 2.34. The van der Waals surface area contributed by atoms with Gasteiger partial charge in [0, 0.05) is 18.1 Å². The molecule has 1 aliphatic rings. The number of ether oxygens (including phenoxy) is 1. The van der Waals surface area contributed by atoms with Gasteiger partial charge in [-0.05, 0) is 73.7 Å².